The van der Waals surface area contributed by atoms with Crippen LogP contribution in [0.3, 0.4) is 0 Å². The summed E-state index contributed by atoms with van der Waals surface area (Å²) < 4.78 is 5.85. The van der Waals surface area contributed by atoms with E-state index in [2.05, 4.69) is 22.4 Å². The molecule has 29 heavy (non-hydrogen) atoms. The summed E-state index contributed by atoms with van der Waals surface area (Å²) >= 11 is 1.63. The number of hydrogen-bond donors (Lipinski definition) is 0. The van der Waals surface area contributed by atoms with Gasteiger partial charge in [0.15, 0.2) is 6.10 Å². The van der Waals surface area contributed by atoms with E-state index in [1.165, 1.54) is 0 Å². The summed E-state index contributed by atoms with van der Waals surface area (Å²) in [6.45, 7) is 3.42. The summed E-state index contributed by atoms with van der Waals surface area (Å²) in [4.78, 5) is 21.6. The van der Waals surface area contributed by atoms with E-state index in [0.29, 0.717) is 6.54 Å². The molecule has 0 saturated heterocycles. The highest BCUT2D eigenvalue weighted by Gasteiger charge is 2.31. The lowest BCUT2D eigenvalue weighted by Crippen LogP contribution is -2.45. The molecule has 0 bridgehead atoms. The van der Waals surface area contributed by atoms with Gasteiger partial charge in [0.1, 0.15) is 10.8 Å². The van der Waals surface area contributed by atoms with Crippen molar-refractivity contribution in [1.82, 2.24) is 9.88 Å². The molecule has 1 atom stereocenters. The Morgan fingerprint density at radius 2 is 1.93 bits per heavy atom. The highest BCUT2D eigenvalue weighted by atomic mass is 32.1. The molecule has 3 aromatic rings. The third-order valence-corrected chi connectivity index (χ3v) is 5.87. The Balaban J connectivity index is 1.64. The molecule has 2 heterocycles. The molecular weight excluding hydrogens is 382 g/mol. The number of ether oxygens (including phenoxy) is 1. The maximum Gasteiger partial charge on any atom is 0.267 e. The molecule has 0 radical (unpaired) electrons. The molecule has 5 nitrogen and oxygen atoms in total. The van der Waals surface area contributed by atoms with Crippen molar-refractivity contribution in [2.45, 2.75) is 19.4 Å². The molecule has 6 heteroatoms. The van der Waals surface area contributed by atoms with Gasteiger partial charge in [-0.15, -0.1) is 11.3 Å². The molecule has 1 aliphatic rings. The second kappa shape index (κ2) is 8.35. The highest BCUT2D eigenvalue weighted by Crippen LogP contribution is 2.38. The first-order chi connectivity index (χ1) is 14.0. The van der Waals surface area contributed by atoms with E-state index >= 15 is 0 Å². The monoisotopic (exact) mass is 407 g/mol. The normalized spacial score (nSPS) is 16.1. The van der Waals surface area contributed by atoms with Gasteiger partial charge >= 0.3 is 0 Å². The quantitative estimate of drug-likeness (QED) is 0.602. The van der Waals surface area contributed by atoms with Crippen LogP contribution in [-0.4, -0.2) is 49.1 Å². The molecule has 1 unspecified atom stereocenters. The average Bonchev–Trinajstić information content (AvgIpc) is 3.21. The Hall–Kier alpha value is -2.70. The highest BCUT2D eigenvalue weighted by molar-refractivity contribution is 7.13. The number of aromatic nitrogens is 1. The Morgan fingerprint density at radius 1 is 1.14 bits per heavy atom. The summed E-state index contributed by atoms with van der Waals surface area (Å²) in [6.07, 6.45) is 0.445. The smallest absolute Gasteiger partial charge is 0.267 e. The first kappa shape index (κ1) is 19.6. The molecule has 1 amide bonds. The molecule has 1 aromatic heterocycles. The number of nitrogens with zero attached hydrogens (tertiary/aromatic N) is 3. The van der Waals surface area contributed by atoms with Gasteiger partial charge in [-0.3, -0.25) is 4.79 Å². The van der Waals surface area contributed by atoms with Gasteiger partial charge in [0.2, 0.25) is 0 Å². The van der Waals surface area contributed by atoms with Crippen LogP contribution in [-0.2, 0) is 4.79 Å². The third kappa shape index (κ3) is 4.18. The number of thiazole rings is 1. The minimum Gasteiger partial charge on any atom is -0.479 e. The summed E-state index contributed by atoms with van der Waals surface area (Å²) in [5, 5.41) is 3.05. The minimum atomic E-state index is -0.461. The second-order valence-corrected chi connectivity index (χ2v) is 8.35. The topological polar surface area (TPSA) is 45.7 Å². The number of rotatable bonds is 6. The van der Waals surface area contributed by atoms with E-state index < -0.39 is 6.10 Å². The molecule has 0 saturated carbocycles. The first-order valence-corrected chi connectivity index (χ1v) is 10.7. The number of carbonyl (C=O) groups excluding carboxylic acids is 1. The van der Waals surface area contributed by atoms with Crippen molar-refractivity contribution in [2.24, 2.45) is 0 Å². The van der Waals surface area contributed by atoms with Crippen molar-refractivity contribution in [1.29, 1.82) is 0 Å². The first-order valence-electron chi connectivity index (χ1n) is 9.81. The molecule has 0 aliphatic carbocycles. The van der Waals surface area contributed by atoms with Gasteiger partial charge in [-0.05, 0) is 52.2 Å². The van der Waals surface area contributed by atoms with E-state index in [1.807, 2.05) is 62.3 Å². The Morgan fingerprint density at radius 3 is 2.69 bits per heavy atom. The zero-order valence-electron chi connectivity index (χ0n) is 17.0. The maximum absolute atomic E-state index is 12.8. The van der Waals surface area contributed by atoms with Gasteiger partial charge in [-0.25, -0.2) is 4.98 Å². The van der Waals surface area contributed by atoms with Crippen LogP contribution in [0.25, 0.3) is 21.8 Å². The SMILES string of the molecule is CC1Oc2ccc(-c3csc(-c4ccccc4)n3)cc2N(CCCN(C)C)C1=O. The number of amides is 1. The second-order valence-electron chi connectivity index (χ2n) is 7.49. The Kier molecular flexibility index (Phi) is 5.65. The fourth-order valence-electron chi connectivity index (χ4n) is 3.46. The fourth-order valence-corrected chi connectivity index (χ4v) is 4.30. The number of hydrogen-bond acceptors (Lipinski definition) is 5. The zero-order chi connectivity index (χ0) is 20.4. The summed E-state index contributed by atoms with van der Waals surface area (Å²) in [5.74, 6) is 0.765. The lowest BCUT2D eigenvalue weighted by atomic mass is 10.1. The summed E-state index contributed by atoms with van der Waals surface area (Å²) in [6, 6.07) is 16.2. The Bertz CT molecular complexity index is 1000. The van der Waals surface area contributed by atoms with Gasteiger partial charge in [-0.1, -0.05) is 30.3 Å². The lowest BCUT2D eigenvalue weighted by molar-refractivity contribution is -0.125. The zero-order valence-corrected chi connectivity index (χ0v) is 17.8. The number of fused-ring (bicyclic) bond motifs is 1. The number of anilines is 1. The van der Waals surface area contributed by atoms with Crippen LogP contribution in [0.15, 0.2) is 53.9 Å². The maximum atomic E-state index is 12.8. The van der Waals surface area contributed by atoms with Crippen LogP contribution in [0.4, 0.5) is 5.69 Å². The van der Waals surface area contributed by atoms with Crippen molar-refractivity contribution < 1.29 is 9.53 Å². The van der Waals surface area contributed by atoms with E-state index in [0.717, 1.165) is 46.2 Å². The number of benzene rings is 2. The Labute approximate surface area is 175 Å². The molecule has 4 rings (SSSR count). The molecule has 0 fully saturated rings. The predicted molar refractivity (Wildman–Crippen MR) is 119 cm³/mol. The largest absolute Gasteiger partial charge is 0.479 e. The van der Waals surface area contributed by atoms with Crippen LogP contribution in [0.1, 0.15) is 13.3 Å². The lowest BCUT2D eigenvalue weighted by Gasteiger charge is -2.33. The van der Waals surface area contributed by atoms with Crippen molar-refractivity contribution in [2.75, 3.05) is 32.1 Å². The number of carbonyl (C=O) groups is 1. The van der Waals surface area contributed by atoms with E-state index in [1.54, 1.807) is 11.3 Å². The minimum absolute atomic E-state index is 0.0108. The third-order valence-electron chi connectivity index (χ3n) is 4.98. The average molecular weight is 408 g/mol. The van der Waals surface area contributed by atoms with Crippen LogP contribution in [0, 0.1) is 0 Å². The van der Waals surface area contributed by atoms with Crippen molar-refractivity contribution in [3.05, 3.63) is 53.9 Å². The fraction of sp³-hybridized carbons (Fsp3) is 0.304. The van der Waals surface area contributed by atoms with Gasteiger partial charge in [-0.2, -0.15) is 0 Å². The van der Waals surface area contributed by atoms with E-state index in [9.17, 15) is 4.79 Å². The summed E-state index contributed by atoms with van der Waals surface area (Å²) in [7, 11) is 4.09. The van der Waals surface area contributed by atoms with Gasteiger partial charge in [0, 0.05) is 23.1 Å². The molecule has 0 spiro atoms. The van der Waals surface area contributed by atoms with Gasteiger partial charge < -0.3 is 14.5 Å². The summed E-state index contributed by atoms with van der Waals surface area (Å²) in [5.41, 5.74) is 3.85. The molecular formula is C23H25N3O2S. The van der Waals surface area contributed by atoms with Crippen LogP contribution in [0.5, 0.6) is 5.75 Å². The van der Waals surface area contributed by atoms with Crippen molar-refractivity contribution in [3.63, 3.8) is 0 Å². The molecule has 0 N–H and O–H groups in total. The van der Waals surface area contributed by atoms with Crippen molar-refractivity contribution in [3.8, 4) is 27.6 Å². The standard InChI is InChI=1S/C23H25N3O2S/c1-16-23(27)26(13-7-12-25(2)3)20-14-18(10-11-21(20)28-16)19-15-29-22(24-19)17-8-5-4-6-9-17/h4-6,8-11,14-16H,7,12-13H2,1-3H3. The van der Waals surface area contributed by atoms with Crippen LogP contribution >= 0.6 is 11.3 Å². The molecule has 150 valence electrons. The molecule has 2 aromatic carbocycles. The van der Waals surface area contributed by atoms with Crippen molar-refractivity contribution >= 4 is 22.9 Å². The van der Waals surface area contributed by atoms with E-state index in [-0.39, 0.29) is 5.91 Å². The predicted octanol–water partition coefficient (Wildman–Crippen LogP) is 4.54. The van der Waals surface area contributed by atoms with E-state index in [4.69, 9.17) is 9.72 Å². The van der Waals surface area contributed by atoms with Crippen LogP contribution < -0.4 is 9.64 Å². The molecule has 1 aliphatic heterocycles. The van der Waals surface area contributed by atoms with Crippen LogP contribution in [0.2, 0.25) is 0 Å². The van der Waals surface area contributed by atoms with Gasteiger partial charge in [0.25, 0.3) is 5.91 Å². The van der Waals surface area contributed by atoms with Gasteiger partial charge in [0.05, 0.1) is 11.4 Å².